The highest BCUT2D eigenvalue weighted by atomic mass is 35.5. The molecule has 0 aliphatic carbocycles. The fourth-order valence-electron chi connectivity index (χ4n) is 4.61. The maximum Gasteiger partial charge on any atom is 0.263 e. The normalized spacial score (nSPS) is 12.8. The Bertz CT molecular complexity index is 1600. The summed E-state index contributed by atoms with van der Waals surface area (Å²) in [6.45, 7) is 4.56. The third-order valence-corrected chi connectivity index (χ3v) is 7.23. The largest absolute Gasteiger partial charge is 0.494 e. The van der Waals surface area contributed by atoms with E-state index in [0.717, 1.165) is 11.3 Å². The summed E-state index contributed by atoms with van der Waals surface area (Å²) in [5.74, 6) is 0.893. The van der Waals surface area contributed by atoms with Crippen molar-refractivity contribution in [3.8, 4) is 22.7 Å². The maximum absolute atomic E-state index is 13.8. The molecule has 0 bridgehead atoms. The second-order valence-electron chi connectivity index (χ2n) is 9.51. The Labute approximate surface area is 236 Å². The van der Waals surface area contributed by atoms with Gasteiger partial charge < -0.3 is 15.0 Å². The first-order valence-corrected chi connectivity index (χ1v) is 13.3. The first-order valence-electron chi connectivity index (χ1n) is 12.5. The molecule has 1 aliphatic heterocycles. The monoisotopic (exact) mass is 563 g/mol. The molecule has 2 aromatic carbocycles. The van der Waals surface area contributed by atoms with E-state index in [1.165, 1.54) is 0 Å². The lowest BCUT2D eigenvalue weighted by Gasteiger charge is -2.29. The molecule has 0 saturated heterocycles. The predicted molar refractivity (Wildman–Crippen MR) is 153 cm³/mol. The molecular weight excluding hydrogens is 537 g/mol. The number of fused-ring (bicyclic) bond motifs is 1. The van der Waals surface area contributed by atoms with Crippen LogP contribution < -0.4 is 15.6 Å². The van der Waals surface area contributed by atoms with Crippen LogP contribution >= 0.6 is 23.2 Å². The van der Waals surface area contributed by atoms with Crippen LogP contribution in [0.15, 0.2) is 65.6 Å². The van der Waals surface area contributed by atoms with Gasteiger partial charge in [0.25, 0.3) is 11.5 Å². The van der Waals surface area contributed by atoms with E-state index in [4.69, 9.17) is 32.9 Å². The van der Waals surface area contributed by atoms with Gasteiger partial charge in [0, 0.05) is 35.5 Å². The molecular formula is C29H27Cl2N5O3. The Morgan fingerprint density at radius 2 is 1.85 bits per heavy atom. The quantitative estimate of drug-likeness (QED) is 0.327. The van der Waals surface area contributed by atoms with Gasteiger partial charge in [-0.25, -0.2) is 9.55 Å². The molecule has 2 aromatic heterocycles. The van der Waals surface area contributed by atoms with Crippen molar-refractivity contribution in [2.75, 3.05) is 19.0 Å². The summed E-state index contributed by atoms with van der Waals surface area (Å²) in [6, 6.07) is 16.1. The van der Waals surface area contributed by atoms with Crippen molar-refractivity contribution in [1.82, 2.24) is 19.4 Å². The number of hydrogen-bond donors (Lipinski definition) is 1. The van der Waals surface area contributed by atoms with Gasteiger partial charge >= 0.3 is 0 Å². The maximum atomic E-state index is 13.8. The summed E-state index contributed by atoms with van der Waals surface area (Å²) < 4.78 is 7.04. The van der Waals surface area contributed by atoms with E-state index in [-0.39, 0.29) is 24.1 Å². The fourth-order valence-corrected chi connectivity index (χ4v) is 4.91. The van der Waals surface area contributed by atoms with Crippen LogP contribution in [0.2, 0.25) is 10.0 Å². The van der Waals surface area contributed by atoms with Gasteiger partial charge in [-0.2, -0.15) is 0 Å². The van der Waals surface area contributed by atoms with Gasteiger partial charge in [0.2, 0.25) is 5.95 Å². The summed E-state index contributed by atoms with van der Waals surface area (Å²) in [5.41, 5.74) is 3.71. The Morgan fingerprint density at radius 1 is 1.08 bits per heavy atom. The van der Waals surface area contributed by atoms with E-state index in [9.17, 15) is 9.59 Å². The average Bonchev–Trinajstić information content (AvgIpc) is 2.94. The second kappa shape index (κ2) is 11.1. The van der Waals surface area contributed by atoms with Crippen LogP contribution in [0.4, 0.5) is 5.95 Å². The van der Waals surface area contributed by atoms with Crippen molar-refractivity contribution in [3.05, 3.63) is 98.0 Å². The average molecular weight is 564 g/mol. The fraction of sp³-hybridized carbons (Fsp3) is 0.241. The molecule has 0 atom stereocenters. The minimum absolute atomic E-state index is 0.0239. The van der Waals surface area contributed by atoms with Crippen LogP contribution in [0.3, 0.4) is 0 Å². The SMILES string of the molecule is COc1cccnc1-c1ccc(-n2c(NC(C)C)nc3c(c2=O)CCN(C(=O)c2ccc(Cl)c(Cl)c2)C3)cc1. The summed E-state index contributed by atoms with van der Waals surface area (Å²) >= 11 is 12.1. The summed E-state index contributed by atoms with van der Waals surface area (Å²) in [4.78, 5) is 38.0. The summed E-state index contributed by atoms with van der Waals surface area (Å²) in [7, 11) is 1.61. The molecule has 1 N–H and O–H groups in total. The zero-order valence-corrected chi connectivity index (χ0v) is 23.3. The molecule has 5 rings (SSSR count). The van der Waals surface area contributed by atoms with E-state index in [2.05, 4.69) is 10.3 Å². The number of nitrogens with one attached hydrogen (secondary N) is 1. The molecule has 4 aromatic rings. The van der Waals surface area contributed by atoms with Crippen molar-refractivity contribution in [3.63, 3.8) is 0 Å². The number of carbonyl (C=O) groups is 1. The van der Waals surface area contributed by atoms with Crippen LogP contribution in [0.1, 0.15) is 35.5 Å². The number of amides is 1. The van der Waals surface area contributed by atoms with Gasteiger partial charge in [-0.05, 0) is 62.7 Å². The van der Waals surface area contributed by atoms with Gasteiger partial charge in [0.05, 0.1) is 35.1 Å². The van der Waals surface area contributed by atoms with Crippen molar-refractivity contribution >= 4 is 35.1 Å². The van der Waals surface area contributed by atoms with Gasteiger partial charge in [-0.15, -0.1) is 0 Å². The molecule has 1 amide bonds. The number of ether oxygens (including phenoxy) is 1. The lowest BCUT2D eigenvalue weighted by molar-refractivity contribution is 0.0731. The molecule has 3 heterocycles. The van der Waals surface area contributed by atoms with Crippen LogP contribution in [0.5, 0.6) is 5.75 Å². The Balaban J connectivity index is 1.50. The van der Waals surface area contributed by atoms with Gasteiger partial charge in [-0.3, -0.25) is 14.6 Å². The topological polar surface area (TPSA) is 89.3 Å². The van der Waals surface area contributed by atoms with Crippen molar-refractivity contribution < 1.29 is 9.53 Å². The number of benzene rings is 2. The first kappa shape index (κ1) is 26.7. The summed E-state index contributed by atoms with van der Waals surface area (Å²) in [6.07, 6.45) is 2.10. The molecule has 0 radical (unpaired) electrons. The zero-order valence-electron chi connectivity index (χ0n) is 21.7. The highest BCUT2D eigenvalue weighted by molar-refractivity contribution is 6.42. The third kappa shape index (κ3) is 5.35. The number of anilines is 1. The standard InChI is InChI=1S/C29H27Cl2N5O3/c1-17(2)33-29-34-24-16-35(27(37)19-8-11-22(30)23(31)15-19)14-12-21(24)28(38)36(29)20-9-6-18(7-10-20)26-25(39-3)5-4-13-32-26/h4-11,13,15,17H,12,14,16H2,1-3H3,(H,33,34). The lowest BCUT2D eigenvalue weighted by atomic mass is 10.0. The molecule has 39 heavy (non-hydrogen) atoms. The van der Waals surface area contributed by atoms with Gasteiger partial charge in [-0.1, -0.05) is 35.3 Å². The number of nitrogens with zero attached hydrogens (tertiary/aromatic N) is 4. The highest BCUT2D eigenvalue weighted by Gasteiger charge is 2.27. The smallest absolute Gasteiger partial charge is 0.263 e. The molecule has 1 aliphatic rings. The third-order valence-electron chi connectivity index (χ3n) is 6.50. The Morgan fingerprint density at radius 3 is 2.54 bits per heavy atom. The van der Waals surface area contributed by atoms with Crippen LogP contribution in [-0.4, -0.2) is 45.0 Å². The Hall–Kier alpha value is -3.88. The van der Waals surface area contributed by atoms with E-state index < -0.39 is 0 Å². The predicted octanol–water partition coefficient (Wildman–Crippen LogP) is 5.63. The zero-order chi connectivity index (χ0) is 27.7. The van der Waals surface area contributed by atoms with E-state index in [0.29, 0.717) is 57.2 Å². The number of aromatic nitrogens is 3. The number of carbonyl (C=O) groups excluding carboxylic acids is 1. The van der Waals surface area contributed by atoms with Crippen molar-refractivity contribution in [2.24, 2.45) is 0 Å². The van der Waals surface area contributed by atoms with Crippen LogP contribution in [0, 0.1) is 0 Å². The number of hydrogen-bond acceptors (Lipinski definition) is 6. The Kier molecular flexibility index (Phi) is 7.59. The minimum Gasteiger partial charge on any atom is -0.494 e. The van der Waals surface area contributed by atoms with Crippen LogP contribution in [-0.2, 0) is 13.0 Å². The molecule has 0 unspecified atom stereocenters. The lowest BCUT2D eigenvalue weighted by Crippen LogP contribution is -2.41. The van der Waals surface area contributed by atoms with Gasteiger partial charge in [0.15, 0.2) is 0 Å². The number of methoxy groups -OCH3 is 1. The molecule has 200 valence electrons. The van der Waals surface area contributed by atoms with Crippen LogP contribution in [0.25, 0.3) is 16.9 Å². The molecule has 8 nitrogen and oxygen atoms in total. The molecule has 0 fully saturated rings. The van der Waals surface area contributed by atoms with Gasteiger partial charge in [0.1, 0.15) is 11.4 Å². The molecule has 10 heteroatoms. The molecule has 0 saturated carbocycles. The second-order valence-corrected chi connectivity index (χ2v) is 10.3. The van der Waals surface area contributed by atoms with Crippen molar-refractivity contribution in [2.45, 2.75) is 32.9 Å². The van der Waals surface area contributed by atoms with E-state index in [1.807, 2.05) is 50.2 Å². The van der Waals surface area contributed by atoms with E-state index >= 15 is 0 Å². The highest BCUT2D eigenvalue weighted by Crippen LogP contribution is 2.29. The number of halogens is 2. The minimum atomic E-state index is -0.191. The molecule has 0 spiro atoms. The van der Waals surface area contributed by atoms with Crippen molar-refractivity contribution in [1.29, 1.82) is 0 Å². The van der Waals surface area contributed by atoms with E-state index in [1.54, 1.807) is 41.0 Å². The first-order chi connectivity index (χ1) is 18.8. The number of pyridine rings is 1. The number of rotatable bonds is 6. The summed E-state index contributed by atoms with van der Waals surface area (Å²) in [5, 5.41) is 4.00.